The van der Waals surface area contributed by atoms with Crippen LogP contribution in [0.2, 0.25) is 0 Å². The second-order valence-electron chi connectivity index (χ2n) is 2.84. The summed E-state index contributed by atoms with van der Waals surface area (Å²) in [4.78, 5) is 22.2. The van der Waals surface area contributed by atoms with Gasteiger partial charge in [-0.15, -0.1) is 0 Å². The molecule has 0 atom stereocenters. The van der Waals surface area contributed by atoms with Gasteiger partial charge in [-0.05, 0) is 28.9 Å². The number of imide groups is 1. The lowest BCUT2D eigenvalue weighted by Crippen LogP contribution is -2.29. The molecule has 1 aromatic rings. The average Bonchev–Trinajstić information content (AvgIpc) is 2.45. The van der Waals surface area contributed by atoms with Crippen LogP contribution < -0.4 is 5.32 Å². The second kappa shape index (κ2) is 4.41. The van der Waals surface area contributed by atoms with Crippen LogP contribution in [0.15, 0.2) is 16.7 Å². The van der Waals surface area contributed by atoms with Crippen LogP contribution in [0.25, 0.3) is 0 Å². The van der Waals surface area contributed by atoms with Crippen molar-refractivity contribution in [2.75, 3.05) is 0 Å². The lowest BCUT2D eigenvalue weighted by atomic mass is 10.4. The van der Waals surface area contributed by atoms with Crippen molar-refractivity contribution in [3.05, 3.63) is 22.4 Å². The van der Waals surface area contributed by atoms with Crippen LogP contribution in [0.4, 0.5) is 0 Å². The molecule has 0 aliphatic carbocycles. The van der Waals surface area contributed by atoms with E-state index in [1.165, 1.54) is 6.92 Å². The van der Waals surface area contributed by atoms with Crippen molar-refractivity contribution in [3.63, 3.8) is 0 Å². The van der Waals surface area contributed by atoms with E-state index in [9.17, 15) is 9.59 Å². The molecule has 0 unspecified atom stereocenters. The fourth-order valence-corrected chi connectivity index (χ4v) is 1.61. The number of nitrogens with zero attached hydrogens (tertiary/aromatic N) is 1. The Bertz CT molecular complexity index is 371. The van der Waals surface area contributed by atoms with Gasteiger partial charge in [0.25, 0.3) is 5.91 Å². The monoisotopic (exact) mass is 258 g/mol. The summed E-state index contributed by atoms with van der Waals surface area (Å²) in [5.41, 5.74) is 0.481. The molecule has 1 aromatic heterocycles. The largest absolute Gasteiger partial charge is 0.343 e. The van der Waals surface area contributed by atoms with E-state index in [2.05, 4.69) is 21.2 Å². The molecular formula is C9H11BrN2O2. The van der Waals surface area contributed by atoms with Gasteiger partial charge in [0.1, 0.15) is 5.69 Å². The maximum Gasteiger partial charge on any atom is 0.274 e. The normalized spacial score (nSPS) is 9.93. The fraction of sp³-hybridized carbons (Fsp3) is 0.333. The molecule has 14 heavy (non-hydrogen) atoms. The third-order valence-electron chi connectivity index (χ3n) is 1.73. The van der Waals surface area contributed by atoms with Crippen molar-refractivity contribution in [2.24, 2.45) is 0 Å². The Hall–Kier alpha value is -1.10. The molecule has 0 bridgehead atoms. The van der Waals surface area contributed by atoms with E-state index in [0.29, 0.717) is 12.2 Å². The number of aromatic nitrogens is 1. The number of hydrogen-bond acceptors (Lipinski definition) is 2. The summed E-state index contributed by atoms with van der Waals surface area (Å²) >= 11 is 3.27. The van der Waals surface area contributed by atoms with E-state index in [4.69, 9.17) is 0 Å². The van der Waals surface area contributed by atoms with Gasteiger partial charge in [0, 0.05) is 24.1 Å². The van der Waals surface area contributed by atoms with Gasteiger partial charge >= 0.3 is 0 Å². The highest BCUT2D eigenvalue weighted by atomic mass is 79.9. The Morgan fingerprint density at radius 3 is 2.71 bits per heavy atom. The standard InChI is InChI=1S/C9H11BrN2O2/c1-3-12-5-7(10)4-8(12)9(14)11-6(2)13/h4-5H,3H2,1-2H3,(H,11,13,14). The SMILES string of the molecule is CCn1cc(Br)cc1C(=O)NC(C)=O. The number of carbonyl (C=O) groups excluding carboxylic acids is 2. The van der Waals surface area contributed by atoms with E-state index in [1.807, 2.05) is 6.92 Å². The summed E-state index contributed by atoms with van der Waals surface area (Å²) in [6.45, 7) is 3.93. The first-order chi connectivity index (χ1) is 6.54. The summed E-state index contributed by atoms with van der Waals surface area (Å²) in [6, 6.07) is 1.68. The van der Waals surface area contributed by atoms with Crippen molar-refractivity contribution in [1.82, 2.24) is 9.88 Å². The molecular weight excluding hydrogens is 248 g/mol. The first-order valence-electron chi connectivity index (χ1n) is 4.22. The molecule has 0 aromatic carbocycles. The topological polar surface area (TPSA) is 51.1 Å². The number of aryl methyl sites for hydroxylation is 1. The van der Waals surface area contributed by atoms with E-state index >= 15 is 0 Å². The van der Waals surface area contributed by atoms with Crippen molar-refractivity contribution in [3.8, 4) is 0 Å². The summed E-state index contributed by atoms with van der Waals surface area (Å²) in [7, 11) is 0. The molecule has 4 nitrogen and oxygen atoms in total. The summed E-state index contributed by atoms with van der Waals surface area (Å²) < 4.78 is 2.59. The van der Waals surface area contributed by atoms with E-state index in [-0.39, 0.29) is 11.8 Å². The Labute approximate surface area is 90.4 Å². The smallest absolute Gasteiger partial charge is 0.274 e. The van der Waals surface area contributed by atoms with Crippen LogP contribution in [0.1, 0.15) is 24.3 Å². The highest BCUT2D eigenvalue weighted by molar-refractivity contribution is 9.10. The molecule has 0 saturated heterocycles. The summed E-state index contributed by atoms with van der Waals surface area (Å²) in [5, 5.41) is 2.23. The number of halogens is 1. The van der Waals surface area contributed by atoms with E-state index in [0.717, 1.165) is 4.47 Å². The van der Waals surface area contributed by atoms with Gasteiger partial charge in [-0.25, -0.2) is 0 Å². The van der Waals surface area contributed by atoms with Gasteiger partial charge in [-0.3, -0.25) is 14.9 Å². The number of nitrogens with one attached hydrogen (secondary N) is 1. The molecule has 1 heterocycles. The molecule has 1 rings (SSSR count). The van der Waals surface area contributed by atoms with Gasteiger partial charge in [-0.2, -0.15) is 0 Å². The van der Waals surface area contributed by atoms with Gasteiger partial charge in [0.05, 0.1) is 0 Å². The summed E-state index contributed by atoms with van der Waals surface area (Å²) in [5.74, 6) is -0.722. The van der Waals surface area contributed by atoms with Gasteiger partial charge in [-0.1, -0.05) is 0 Å². The third kappa shape index (κ3) is 2.45. The number of rotatable bonds is 2. The third-order valence-corrected chi connectivity index (χ3v) is 2.16. The van der Waals surface area contributed by atoms with Crippen LogP contribution >= 0.6 is 15.9 Å². The van der Waals surface area contributed by atoms with E-state index < -0.39 is 0 Å². The zero-order valence-corrected chi connectivity index (χ0v) is 9.59. The predicted octanol–water partition coefficient (Wildman–Crippen LogP) is 1.55. The van der Waals surface area contributed by atoms with Crippen LogP contribution in [-0.4, -0.2) is 16.4 Å². The molecule has 1 N–H and O–H groups in total. The second-order valence-corrected chi connectivity index (χ2v) is 3.76. The first-order valence-corrected chi connectivity index (χ1v) is 5.01. The van der Waals surface area contributed by atoms with E-state index in [1.54, 1.807) is 16.8 Å². The molecule has 2 amide bonds. The molecule has 0 aliphatic rings. The highest BCUT2D eigenvalue weighted by Crippen LogP contribution is 2.14. The minimum absolute atomic E-state index is 0.352. The van der Waals surface area contributed by atoms with Crippen molar-refractivity contribution >= 4 is 27.7 Å². The Kier molecular flexibility index (Phi) is 3.46. The number of hydrogen-bond donors (Lipinski definition) is 1. The summed E-state index contributed by atoms with van der Waals surface area (Å²) in [6.07, 6.45) is 1.80. The predicted molar refractivity (Wildman–Crippen MR) is 56.0 cm³/mol. The van der Waals surface area contributed by atoms with Crippen LogP contribution in [-0.2, 0) is 11.3 Å². The minimum Gasteiger partial charge on any atom is -0.343 e. The molecule has 0 radical (unpaired) electrons. The lowest BCUT2D eigenvalue weighted by Gasteiger charge is -2.04. The molecule has 0 spiro atoms. The quantitative estimate of drug-likeness (QED) is 0.875. The lowest BCUT2D eigenvalue weighted by molar-refractivity contribution is -0.118. The molecule has 0 aliphatic heterocycles. The zero-order chi connectivity index (χ0) is 10.7. The molecule has 76 valence electrons. The molecule has 0 saturated carbocycles. The van der Waals surface area contributed by atoms with Crippen LogP contribution in [0, 0.1) is 0 Å². The number of amides is 2. The number of carbonyl (C=O) groups is 2. The average molecular weight is 259 g/mol. The maximum absolute atomic E-state index is 11.5. The Balaban J connectivity index is 2.93. The minimum atomic E-state index is -0.370. The zero-order valence-electron chi connectivity index (χ0n) is 8.00. The first kappa shape index (κ1) is 11.0. The molecule has 0 fully saturated rings. The van der Waals surface area contributed by atoms with Crippen LogP contribution in [0.5, 0.6) is 0 Å². The maximum atomic E-state index is 11.5. The van der Waals surface area contributed by atoms with Gasteiger partial charge in [0.2, 0.25) is 5.91 Å². The van der Waals surface area contributed by atoms with Crippen molar-refractivity contribution in [1.29, 1.82) is 0 Å². The Morgan fingerprint density at radius 2 is 2.21 bits per heavy atom. The van der Waals surface area contributed by atoms with Gasteiger partial charge in [0.15, 0.2) is 0 Å². The van der Waals surface area contributed by atoms with Crippen molar-refractivity contribution in [2.45, 2.75) is 20.4 Å². The fourth-order valence-electron chi connectivity index (χ4n) is 1.15. The van der Waals surface area contributed by atoms with Gasteiger partial charge < -0.3 is 4.57 Å². The molecule has 5 heteroatoms. The van der Waals surface area contributed by atoms with Crippen molar-refractivity contribution < 1.29 is 9.59 Å². The Morgan fingerprint density at radius 1 is 1.57 bits per heavy atom. The van der Waals surface area contributed by atoms with Crippen LogP contribution in [0.3, 0.4) is 0 Å². The highest BCUT2D eigenvalue weighted by Gasteiger charge is 2.12.